The van der Waals surface area contributed by atoms with Crippen LogP contribution in [0.25, 0.3) is 0 Å². The lowest BCUT2D eigenvalue weighted by Crippen LogP contribution is -2.49. The Morgan fingerprint density at radius 3 is 2.72 bits per heavy atom. The fourth-order valence-electron chi connectivity index (χ4n) is 1.62. The molecule has 0 saturated heterocycles. The van der Waals surface area contributed by atoms with Gasteiger partial charge in [0, 0.05) is 21.7 Å². The standard InChI is InChI=1S/C12H16Br2N2O2/c1-3-4-12(2,11(17)18)16-7-10-9(14)5-8(13)6-15-10/h5-6,16H,3-4,7H2,1-2H3,(H,17,18). The molecule has 1 aromatic rings. The number of hydrogen-bond acceptors (Lipinski definition) is 3. The number of carboxylic acid groups (broad SMARTS) is 1. The molecule has 0 aromatic carbocycles. The van der Waals surface area contributed by atoms with Crippen LogP contribution >= 0.6 is 31.9 Å². The number of aromatic nitrogens is 1. The second-order valence-electron chi connectivity index (χ2n) is 4.32. The average Bonchev–Trinajstić information content (AvgIpc) is 2.28. The van der Waals surface area contributed by atoms with Crippen LogP contribution in [0.1, 0.15) is 32.4 Å². The third-order valence-corrected chi connectivity index (χ3v) is 3.87. The molecule has 0 fully saturated rings. The summed E-state index contributed by atoms with van der Waals surface area (Å²) in [6, 6.07) is 1.89. The molecular formula is C12H16Br2N2O2. The van der Waals surface area contributed by atoms with Crippen molar-refractivity contribution in [1.29, 1.82) is 0 Å². The predicted molar refractivity (Wildman–Crippen MR) is 77.4 cm³/mol. The number of carbonyl (C=O) groups is 1. The molecule has 0 aliphatic carbocycles. The van der Waals surface area contributed by atoms with Gasteiger partial charge in [-0.2, -0.15) is 0 Å². The van der Waals surface area contributed by atoms with Crippen molar-refractivity contribution in [1.82, 2.24) is 10.3 Å². The lowest BCUT2D eigenvalue weighted by atomic mass is 9.96. The molecule has 0 bridgehead atoms. The summed E-state index contributed by atoms with van der Waals surface area (Å²) in [7, 11) is 0. The van der Waals surface area contributed by atoms with Gasteiger partial charge in [-0.3, -0.25) is 15.1 Å². The highest BCUT2D eigenvalue weighted by Crippen LogP contribution is 2.21. The first-order valence-electron chi connectivity index (χ1n) is 5.67. The van der Waals surface area contributed by atoms with Crippen LogP contribution in [-0.2, 0) is 11.3 Å². The lowest BCUT2D eigenvalue weighted by molar-refractivity contribution is -0.144. The number of aliphatic carboxylic acids is 1. The minimum Gasteiger partial charge on any atom is -0.480 e. The van der Waals surface area contributed by atoms with Gasteiger partial charge >= 0.3 is 5.97 Å². The van der Waals surface area contributed by atoms with E-state index in [9.17, 15) is 9.90 Å². The van der Waals surface area contributed by atoms with Gasteiger partial charge in [0.15, 0.2) is 0 Å². The Morgan fingerprint density at radius 2 is 2.22 bits per heavy atom. The Morgan fingerprint density at radius 1 is 1.56 bits per heavy atom. The molecule has 0 aliphatic rings. The number of rotatable bonds is 6. The third-order valence-electron chi connectivity index (χ3n) is 2.75. The smallest absolute Gasteiger partial charge is 0.323 e. The van der Waals surface area contributed by atoms with E-state index in [1.165, 1.54) is 0 Å². The number of pyridine rings is 1. The van der Waals surface area contributed by atoms with Crippen LogP contribution in [0.3, 0.4) is 0 Å². The summed E-state index contributed by atoms with van der Waals surface area (Å²) >= 11 is 6.74. The molecule has 1 rings (SSSR count). The van der Waals surface area contributed by atoms with E-state index in [0.717, 1.165) is 21.1 Å². The zero-order chi connectivity index (χ0) is 13.8. The summed E-state index contributed by atoms with van der Waals surface area (Å²) in [5.74, 6) is -0.836. The van der Waals surface area contributed by atoms with E-state index in [0.29, 0.717) is 13.0 Å². The van der Waals surface area contributed by atoms with Crippen LogP contribution < -0.4 is 5.32 Å². The van der Waals surface area contributed by atoms with Gasteiger partial charge in [-0.25, -0.2) is 0 Å². The highest BCUT2D eigenvalue weighted by Gasteiger charge is 2.31. The molecule has 1 atom stereocenters. The molecule has 0 saturated carbocycles. The molecule has 0 aliphatic heterocycles. The topological polar surface area (TPSA) is 62.2 Å². The van der Waals surface area contributed by atoms with Crippen LogP contribution in [0.15, 0.2) is 21.2 Å². The second kappa shape index (κ2) is 6.63. The quantitative estimate of drug-likeness (QED) is 0.795. The lowest BCUT2D eigenvalue weighted by Gasteiger charge is -2.25. The summed E-state index contributed by atoms with van der Waals surface area (Å²) < 4.78 is 1.74. The monoisotopic (exact) mass is 378 g/mol. The first-order valence-corrected chi connectivity index (χ1v) is 7.26. The molecule has 18 heavy (non-hydrogen) atoms. The van der Waals surface area contributed by atoms with Crippen LogP contribution in [0.4, 0.5) is 0 Å². The van der Waals surface area contributed by atoms with E-state index >= 15 is 0 Å². The van der Waals surface area contributed by atoms with Gasteiger partial charge in [0.05, 0.1) is 5.69 Å². The molecule has 100 valence electrons. The first-order chi connectivity index (χ1) is 8.39. The van der Waals surface area contributed by atoms with Gasteiger partial charge in [-0.1, -0.05) is 13.3 Å². The van der Waals surface area contributed by atoms with E-state index in [4.69, 9.17) is 0 Å². The van der Waals surface area contributed by atoms with Gasteiger partial charge < -0.3 is 5.11 Å². The number of nitrogens with one attached hydrogen (secondary N) is 1. The zero-order valence-electron chi connectivity index (χ0n) is 10.3. The normalized spacial score (nSPS) is 14.2. The minimum absolute atomic E-state index is 0.413. The first kappa shape index (κ1) is 15.6. The largest absolute Gasteiger partial charge is 0.480 e. The van der Waals surface area contributed by atoms with Gasteiger partial charge in [0.1, 0.15) is 5.54 Å². The van der Waals surface area contributed by atoms with Crippen molar-refractivity contribution < 1.29 is 9.90 Å². The SMILES string of the molecule is CCCC(C)(NCc1ncc(Br)cc1Br)C(=O)O. The maximum atomic E-state index is 11.3. The molecule has 1 unspecified atom stereocenters. The van der Waals surface area contributed by atoms with Crippen molar-refractivity contribution in [3.8, 4) is 0 Å². The maximum Gasteiger partial charge on any atom is 0.323 e. The van der Waals surface area contributed by atoms with E-state index in [1.54, 1.807) is 13.1 Å². The number of halogens is 2. The average molecular weight is 380 g/mol. The molecule has 1 aromatic heterocycles. The van der Waals surface area contributed by atoms with Crippen molar-refractivity contribution in [3.05, 3.63) is 26.9 Å². The van der Waals surface area contributed by atoms with Gasteiger partial charge in [-0.05, 0) is 51.3 Å². The van der Waals surface area contributed by atoms with Crippen LogP contribution in [0, 0.1) is 0 Å². The van der Waals surface area contributed by atoms with Crippen molar-refractivity contribution in [2.75, 3.05) is 0 Å². The Balaban J connectivity index is 2.76. The molecule has 0 radical (unpaired) electrons. The fourth-order valence-corrected chi connectivity index (χ4v) is 2.75. The highest BCUT2D eigenvalue weighted by atomic mass is 79.9. The summed E-state index contributed by atoms with van der Waals surface area (Å²) in [4.78, 5) is 15.5. The Hall–Kier alpha value is -0.460. The molecule has 0 amide bonds. The highest BCUT2D eigenvalue weighted by molar-refractivity contribution is 9.11. The molecule has 0 spiro atoms. The van der Waals surface area contributed by atoms with Crippen molar-refractivity contribution >= 4 is 37.8 Å². The van der Waals surface area contributed by atoms with E-state index in [-0.39, 0.29) is 0 Å². The number of hydrogen-bond donors (Lipinski definition) is 2. The van der Waals surface area contributed by atoms with E-state index < -0.39 is 11.5 Å². The maximum absolute atomic E-state index is 11.3. The van der Waals surface area contributed by atoms with Crippen molar-refractivity contribution in [2.45, 2.75) is 38.8 Å². The molecule has 1 heterocycles. The summed E-state index contributed by atoms with van der Waals surface area (Å²) in [6.07, 6.45) is 3.08. The number of carboxylic acids is 1. The van der Waals surface area contributed by atoms with Gasteiger partial charge in [0.2, 0.25) is 0 Å². The zero-order valence-corrected chi connectivity index (χ0v) is 13.5. The Bertz CT molecular complexity index is 440. The molecule has 6 heteroatoms. The second-order valence-corrected chi connectivity index (χ2v) is 6.09. The van der Waals surface area contributed by atoms with E-state index in [2.05, 4.69) is 42.2 Å². The van der Waals surface area contributed by atoms with Gasteiger partial charge in [-0.15, -0.1) is 0 Å². The fraction of sp³-hybridized carbons (Fsp3) is 0.500. The third kappa shape index (κ3) is 4.03. The van der Waals surface area contributed by atoms with Gasteiger partial charge in [0.25, 0.3) is 0 Å². The Labute approximate surface area is 123 Å². The number of nitrogens with zero attached hydrogens (tertiary/aromatic N) is 1. The Kier molecular flexibility index (Phi) is 5.75. The molecule has 2 N–H and O–H groups in total. The van der Waals surface area contributed by atoms with Crippen molar-refractivity contribution in [3.63, 3.8) is 0 Å². The van der Waals surface area contributed by atoms with Crippen LogP contribution in [0.2, 0.25) is 0 Å². The predicted octanol–water partition coefficient (Wildman–Crippen LogP) is 3.34. The molecule has 4 nitrogen and oxygen atoms in total. The van der Waals surface area contributed by atoms with Crippen molar-refractivity contribution in [2.24, 2.45) is 0 Å². The summed E-state index contributed by atoms with van der Waals surface area (Å²) in [6.45, 7) is 4.08. The van der Waals surface area contributed by atoms with E-state index in [1.807, 2.05) is 13.0 Å². The van der Waals surface area contributed by atoms with Crippen LogP contribution in [0.5, 0.6) is 0 Å². The summed E-state index contributed by atoms with van der Waals surface area (Å²) in [5, 5.41) is 12.3. The summed E-state index contributed by atoms with van der Waals surface area (Å²) in [5.41, 5.74) is -0.120. The molecular weight excluding hydrogens is 364 g/mol. The van der Waals surface area contributed by atoms with Crippen LogP contribution in [-0.4, -0.2) is 21.6 Å². The minimum atomic E-state index is -0.914.